The second-order valence-corrected chi connectivity index (χ2v) is 7.56. The van der Waals surface area contributed by atoms with Crippen molar-refractivity contribution in [3.05, 3.63) is 71.8 Å². The van der Waals surface area contributed by atoms with Gasteiger partial charge in [0.15, 0.2) is 0 Å². The van der Waals surface area contributed by atoms with Gasteiger partial charge in [-0.15, -0.1) is 0 Å². The average molecular weight is 501 g/mol. The van der Waals surface area contributed by atoms with Crippen LogP contribution in [0.5, 0.6) is 0 Å². The third-order valence-electron chi connectivity index (χ3n) is 4.99. The van der Waals surface area contributed by atoms with Crippen LogP contribution >= 0.6 is 0 Å². The zero-order valence-corrected chi connectivity index (χ0v) is 19.7. The van der Waals surface area contributed by atoms with E-state index in [1.54, 1.807) is 6.92 Å². The first-order chi connectivity index (χ1) is 16.5. The Morgan fingerprint density at radius 2 is 1.44 bits per heavy atom. The lowest BCUT2D eigenvalue weighted by Gasteiger charge is -2.15. The van der Waals surface area contributed by atoms with Gasteiger partial charge in [-0.1, -0.05) is 75.5 Å². The number of nitrogens with one attached hydrogen (secondary N) is 1. The highest BCUT2D eigenvalue weighted by molar-refractivity contribution is 6.42. The van der Waals surface area contributed by atoms with Gasteiger partial charge in [-0.25, -0.2) is 0 Å². The number of hydrogen-bond acceptors (Lipinski definition) is 7. The summed E-state index contributed by atoms with van der Waals surface area (Å²) in [6, 6.07) is 19.4. The molecule has 3 rings (SSSR count). The van der Waals surface area contributed by atoms with Gasteiger partial charge in [-0.05, 0) is 25.0 Å². The predicted octanol–water partition coefficient (Wildman–Crippen LogP) is 3.78. The third kappa shape index (κ3) is 10.8. The first-order valence-electron chi connectivity index (χ1n) is 11.4. The quantitative estimate of drug-likeness (QED) is 0.229. The van der Waals surface area contributed by atoms with Gasteiger partial charge in [0.25, 0.3) is 5.91 Å². The number of likely N-dealkylation sites (tertiary alicyclic amines) is 1. The maximum atomic E-state index is 11.8. The van der Waals surface area contributed by atoms with Crippen LogP contribution in [0.15, 0.2) is 60.7 Å². The number of nitrogens with zero attached hydrogens (tertiary/aromatic N) is 1. The van der Waals surface area contributed by atoms with Crippen LogP contribution in [0.3, 0.4) is 0 Å². The molecule has 1 aliphatic rings. The molecule has 2 aromatic carbocycles. The molecule has 2 aromatic rings. The lowest BCUT2D eigenvalue weighted by molar-refractivity contribution is -0.151. The molecule has 0 spiro atoms. The fourth-order valence-corrected chi connectivity index (χ4v) is 3.31. The summed E-state index contributed by atoms with van der Waals surface area (Å²) in [6.45, 7) is 6.03. The van der Waals surface area contributed by atoms with E-state index in [9.17, 15) is 19.2 Å². The van der Waals surface area contributed by atoms with Gasteiger partial charge in [0.2, 0.25) is 5.78 Å². The molecule has 1 saturated heterocycles. The van der Waals surface area contributed by atoms with Crippen LogP contribution in [0.25, 0.3) is 0 Å². The highest BCUT2D eigenvalue weighted by atomic mass is 16.5. The SMILES string of the molecule is C.C.CCOC(=O)C1CN(Cc2ccccc2)C(=O)C1=O.CCOC(=O)CCNCc1ccccc1. The molecular weight excluding hydrogens is 460 g/mol. The summed E-state index contributed by atoms with van der Waals surface area (Å²) in [5.41, 5.74) is 2.15. The van der Waals surface area contributed by atoms with Crippen LogP contribution in [0.4, 0.5) is 0 Å². The van der Waals surface area contributed by atoms with Crippen molar-refractivity contribution in [1.82, 2.24) is 10.2 Å². The predicted molar refractivity (Wildman–Crippen MR) is 140 cm³/mol. The summed E-state index contributed by atoms with van der Waals surface area (Å²) < 4.78 is 9.62. The fourth-order valence-electron chi connectivity index (χ4n) is 3.31. The molecule has 0 aliphatic carbocycles. The molecule has 198 valence electrons. The van der Waals surface area contributed by atoms with Crippen molar-refractivity contribution in [1.29, 1.82) is 0 Å². The van der Waals surface area contributed by atoms with E-state index in [0.717, 1.165) is 12.1 Å². The standard InChI is InChI=1S/C14H15NO4.C12H17NO2.2CH4/c1-2-19-14(18)11-9-15(13(17)12(11)16)8-10-6-4-3-5-7-10;1-2-15-12(14)8-9-13-10-11-6-4-3-5-7-11;;/h3-7,11H,2,8-9H2,1H3;3-7,13H,2,8-10H2,1H3;2*1H4. The van der Waals surface area contributed by atoms with Gasteiger partial charge in [0.05, 0.1) is 19.6 Å². The number of rotatable bonds is 10. The maximum absolute atomic E-state index is 11.8. The highest BCUT2D eigenvalue weighted by Gasteiger charge is 2.43. The largest absolute Gasteiger partial charge is 0.466 e. The Labute approximate surface area is 215 Å². The van der Waals surface area contributed by atoms with Crippen molar-refractivity contribution in [2.45, 2.75) is 48.2 Å². The van der Waals surface area contributed by atoms with Gasteiger partial charge < -0.3 is 19.7 Å². The lowest BCUT2D eigenvalue weighted by atomic mass is 10.1. The van der Waals surface area contributed by atoms with E-state index >= 15 is 0 Å². The first-order valence-corrected chi connectivity index (χ1v) is 11.4. The van der Waals surface area contributed by atoms with Crippen molar-refractivity contribution in [2.24, 2.45) is 5.92 Å². The Morgan fingerprint density at radius 3 is 2.00 bits per heavy atom. The van der Waals surface area contributed by atoms with Crippen LogP contribution in [-0.2, 0) is 41.7 Å². The van der Waals surface area contributed by atoms with Crippen LogP contribution in [0.1, 0.15) is 46.2 Å². The fraction of sp³-hybridized carbons (Fsp3) is 0.429. The number of carbonyl (C=O) groups excluding carboxylic acids is 4. The van der Waals surface area contributed by atoms with Crippen molar-refractivity contribution >= 4 is 23.6 Å². The molecule has 1 heterocycles. The number of hydrogen-bond donors (Lipinski definition) is 1. The third-order valence-corrected chi connectivity index (χ3v) is 4.99. The van der Waals surface area contributed by atoms with Crippen LogP contribution < -0.4 is 5.32 Å². The van der Waals surface area contributed by atoms with E-state index in [1.165, 1.54) is 10.5 Å². The molecule has 36 heavy (non-hydrogen) atoms. The second-order valence-electron chi connectivity index (χ2n) is 7.56. The molecular formula is C28H40N2O6. The minimum atomic E-state index is -0.976. The summed E-state index contributed by atoms with van der Waals surface area (Å²) in [5.74, 6) is -3.01. The first kappa shape index (κ1) is 32.5. The zero-order chi connectivity index (χ0) is 24.8. The van der Waals surface area contributed by atoms with E-state index in [-0.39, 0.29) is 34.0 Å². The number of ketones is 1. The minimum Gasteiger partial charge on any atom is -0.466 e. The molecule has 1 unspecified atom stereocenters. The Bertz CT molecular complexity index is 934. The molecule has 1 amide bonds. The molecule has 1 N–H and O–H groups in total. The van der Waals surface area contributed by atoms with Gasteiger partial charge >= 0.3 is 11.9 Å². The van der Waals surface area contributed by atoms with E-state index in [0.29, 0.717) is 26.1 Å². The monoisotopic (exact) mass is 500 g/mol. The smallest absolute Gasteiger partial charge is 0.318 e. The number of amides is 1. The molecule has 0 radical (unpaired) electrons. The van der Waals surface area contributed by atoms with Crippen LogP contribution in [0.2, 0.25) is 0 Å². The zero-order valence-electron chi connectivity index (χ0n) is 19.7. The second kappa shape index (κ2) is 17.8. The van der Waals surface area contributed by atoms with Gasteiger partial charge in [-0.3, -0.25) is 19.2 Å². The van der Waals surface area contributed by atoms with E-state index in [1.807, 2.05) is 55.5 Å². The maximum Gasteiger partial charge on any atom is 0.318 e. The van der Waals surface area contributed by atoms with Crippen molar-refractivity contribution in [3.8, 4) is 0 Å². The highest BCUT2D eigenvalue weighted by Crippen LogP contribution is 2.18. The topological polar surface area (TPSA) is 102 Å². The summed E-state index contributed by atoms with van der Waals surface area (Å²) in [6.07, 6.45) is 0.431. The number of esters is 2. The van der Waals surface area contributed by atoms with Gasteiger partial charge in [-0.2, -0.15) is 0 Å². The van der Waals surface area contributed by atoms with E-state index in [4.69, 9.17) is 9.47 Å². The molecule has 8 heteroatoms. The Hall–Kier alpha value is -3.52. The number of carbonyl (C=O) groups is 4. The summed E-state index contributed by atoms with van der Waals surface area (Å²) in [4.78, 5) is 47.5. The Morgan fingerprint density at radius 1 is 0.889 bits per heavy atom. The normalized spacial score (nSPS) is 14.1. The Balaban J connectivity index is 0.000000662. The number of benzene rings is 2. The minimum absolute atomic E-state index is 0. The molecule has 0 saturated carbocycles. The summed E-state index contributed by atoms with van der Waals surface area (Å²) >= 11 is 0. The molecule has 0 aromatic heterocycles. The van der Waals surface area contributed by atoms with Gasteiger partial charge in [0.1, 0.15) is 5.92 Å². The average Bonchev–Trinajstić information content (AvgIpc) is 3.12. The molecule has 8 nitrogen and oxygen atoms in total. The van der Waals surface area contributed by atoms with Crippen LogP contribution in [0, 0.1) is 5.92 Å². The van der Waals surface area contributed by atoms with Crippen molar-refractivity contribution < 1.29 is 28.7 Å². The molecule has 1 fully saturated rings. The number of Topliss-reactive ketones (excluding diaryl/α,β-unsaturated/α-hetero) is 1. The summed E-state index contributed by atoms with van der Waals surface area (Å²) in [7, 11) is 0. The molecule has 1 atom stereocenters. The van der Waals surface area contributed by atoms with Gasteiger partial charge in [0, 0.05) is 26.2 Å². The Kier molecular flexibility index (Phi) is 16.1. The van der Waals surface area contributed by atoms with E-state index in [2.05, 4.69) is 17.4 Å². The molecule has 1 aliphatic heterocycles. The van der Waals surface area contributed by atoms with E-state index < -0.39 is 23.6 Å². The molecule has 0 bridgehead atoms. The van der Waals surface area contributed by atoms with Crippen LogP contribution in [-0.4, -0.2) is 54.8 Å². The number of ether oxygens (including phenoxy) is 2. The lowest BCUT2D eigenvalue weighted by Crippen LogP contribution is -2.26. The van der Waals surface area contributed by atoms with Crippen molar-refractivity contribution in [3.63, 3.8) is 0 Å². The summed E-state index contributed by atoms with van der Waals surface area (Å²) in [5, 5.41) is 3.19. The van der Waals surface area contributed by atoms with Crippen molar-refractivity contribution in [2.75, 3.05) is 26.3 Å².